The highest BCUT2D eigenvalue weighted by molar-refractivity contribution is 6.06. The first-order valence-corrected chi connectivity index (χ1v) is 14.9. The number of halogens is 3. The minimum Gasteiger partial charge on any atom is -0.392 e. The number of likely N-dealkylation sites (tertiary alicyclic amines) is 2. The maximum Gasteiger partial charge on any atom is 0.394 e. The Bertz CT molecular complexity index is 1290. The van der Waals surface area contributed by atoms with Crippen LogP contribution in [-0.2, 0) is 9.59 Å². The van der Waals surface area contributed by atoms with E-state index in [1.165, 1.54) is 4.90 Å². The quantitative estimate of drug-likeness (QED) is 0.539. The molecule has 40 heavy (non-hydrogen) atoms. The second-order valence-electron chi connectivity index (χ2n) is 12.9. The molecule has 5 aliphatic rings. The lowest BCUT2D eigenvalue weighted by Crippen LogP contribution is -2.46. The molecule has 8 atom stereocenters. The number of aliphatic hydroxyl groups excluding tert-OH is 1. The zero-order valence-electron chi connectivity index (χ0n) is 22.4. The molecule has 5 fully saturated rings. The minimum atomic E-state index is -4.57. The molecule has 3 saturated carbocycles. The molecule has 2 aliphatic heterocycles. The molecule has 7 nitrogen and oxygen atoms in total. The fourth-order valence-electron chi connectivity index (χ4n) is 9.06. The van der Waals surface area contributed by atoms with Crippen LogP contribution in [0.1, 0.15) is 56.6 Å². The van der Waals surface area contributed by atoms with E-state index in [2.05, 4.69) is 16.1 Å². The normalized spacial score (nSPS) is 37.1. The van der Waals surface area contributed by atoms with Crippen molar-refractivity contribution in [3.63, 3.8) is 0 Å². The predicted molar refractivity (Wildman–Crippen MR) is 139 cm³/mol. The molecule has 2 amide bonds. The third-order valence-electron chi connectivity index (χ3n) is 11.0. The van der Waals surface area contributed by atoms with Crippen LogP contribution in [0.15, 0.2) is 28.8 Å². The van der Waals surface area contributed by atoms with E-state index in [1.807, 2.05) is 18.2 Å². The number of benzene rings is 1. The Labute approximate surface area is 231 Å². The van der Waals surface area contributed by atoms with Crippen LogP contribution in [-0.4, -0.2) is 70.3 Å². The molecule has 6 unspecified atom stereocenters. The summed E-state index contributed by atoms with van der Waals surface area (Å²) in [6.45, 7) is 3.09. The molecular formula is C30H36F3N3O4. The second kappa shape index (κ2) is 9.82. The van der Waals surface area contributed by atoms with Gasteiger partial charge in [0.2, 0.25) is 11.8 Å². The lowest BCUT2D eigenvalue weighted by atomic mass is 9.73. The molecule has 2 saturated heterocycles. The van der Waals surface area contributed by atoms with Crippen LogP contribution in [0.2, 0.25) is 0 Å². The minimum absolute atomic E-state index is 0.109. The van der Waals surface area contributed by atoms with Crippen LogP contribution >= 0.6 is 0 Å². The van der Waals surface area contributed by atoms with Gasteiger partial charge in [-0.15, -0.1) is 0 Å². The average molecular weight is 560 g/mol. The van der Waals surface area contributed by atoms with Crippen molar-refractivity contribution in [2.45, 2.75) is 63.1 Å². The zero-order chi connectivity index (χ0) is 27.8. The molecule has 0 radical (unpaired) electrons. The van der Waals surface area contributed by atoms with Crippen LogP contribution in [0.4, 0.5) is 13.2 Å². The topological polar surface area (TPSA) is 86.9 Å². The van der Waals surface area contributed by atoms with Gasteiger partial charge in [0.15, 0.2) is 5.58 Å². The summed E-state index contributed by atoms with van der Waals surface area (Å²) in [6.07, 6.45) is 0.0220. The van der Waals surface area contributed by atoms with Crippen molar-refractivity contribution < 1.29 is 32.4 Å². The predicted octanol–water partition coefficient (Wildman–Crippen LogP) is 4.60. The zero-order valence-corrected chi connectivity index (χ0v) is 22.4. The van der Waals surface area contributed by atoms with Gasteiger partial charge in [0, 0.05) is 24.4 Å². The van der Waals surface area contributed by atoms with E-state index >= 15 is 0 Å². The van der Waals surface area contributed by atoms with Crippen molar-refractivity contribution in [3.8, 4) is 0 Å². The van der Waals surface area contributed by atoms with Crippen LogP contribution in [0.5, 0.6) is 0 Å². The Morgan fingerprint density at radius 3 is 2.27 bits per heavy atom. The number of hydrogen-bond acceptors (Lipinski definition) is 6. The van der Waals surface area contributed by atoms with Crippen molar-refractivity contribution in [1.82, 2.24) is 15.0 Å². The van der Waals surface area contributed by atoms with Gasteiger partial charge >= 0.3 is 6.18 Å². The van der Waals surface area contributed by atoms with Crippen LogP contribution < -0.4 is 0 Å². The third-order valence-corrected chi connectivity index (χ3v) is 11.0. The Hall–Kier alpha value is -2.46. The van der Waals surface area contributed by atoms with E-state index in [-0.39, 0.29) is 18.2 Å². The molecule has 2 aromatic rings. The Morgan fingerprint density at radius 1 is 0.925 bits per heavy atom. The van der Waals surface area contributed by atoms with E-state index in [0.717, 1.165) is 74.8 Å². The third kappa shape index (κ3) is 4.19. The number of para-hydroxylation sites is 1. The summed E-state index contributed by atoms with van der Waals surface area (Å²) in [5, 5.41) is 15.9. The number of aromatic nitrogens is 1. The molecule has 3 aliphatic carbocycles. The fraction of sp³-hybridized carbons (Fsp3) is 0.700. The van der Waals surface area contributed by atoms with E-state index in [1.54, 1.807) is 0 Å². The number of alkyl halides is 3. The molecule has 0 spiro atoms. The summed E-state index contributed by atoms with van der Waals surface area (Å²) >= 11 is 0. The molecule has 10 heteroatoms. The smallest absolute Gasteiger partial charge is 0.392 e. The maximum absolute atomic E-state index is 13.7. The number of amides is 2. The monoisotopic (exact) mass is 559 g/mol. The number of aliphatic hydroxyl groups is 1. The number of rotatable bonds is 5. The highest BCUT2D eigenvalue weighted by Gasteiger charge is 2.71. The first-order chi connectivity index (χ1) is 19.2. The molecular weight excluding hydrogens is 523 g/mol. The number of imide groups is 1. The van der Waals surface area contributed by atoms with Crippen molar-refractivity contribution in [2.75, 3.05) is 26.2 Å². The lowest BCUT2D eigenvalue weighted by molar-refractivity contribution is -0.219. The van der Waals surface area contributed by atoms with Gasteiger partial charge in [-0.3, -0.25) is 14.5 Å². The van der Waals surface area contributed by atoms with Crippen LogP contribution in [0.25, 0.3) is 11.0 Å². The van der Waals surface area contributed by atoms with E-state index in [0.29, 0.717) is 18.4 Å². The van der Waals surface area contributed by atoms with Gasteiger partial charge < -0.3 is 14.5 Å². The Balaban J connectivity index is 0.998. The number of hydrogen-bond donors (Lipinski definition) is 1. The molecule has 1 aromatic heterocycles. The van der Waals surface area contributed by atoms with Gasteiger partial charge in [-0.05, 0) is 81.0 Å². The van der Waals surface area contributed by atoms with E-state index < -0.39 is 47.8 Å². The second-order valence-corrected chi connectivity index (χ2v) is 12.9. The Morgan fingerprint density at radius 2 is 1.57 bits per heavy atom. The van der Waals surface area contributed by atoms with Gasteiger partial charge in [0.25, 0.3) is 0 Å². The van der Waals surface area contributed by atoms with E-state index in [4.69, 9.17) is 4.52 Å². The maximum atomic E-state index is 13.7. The van der Waals surface area contributed by atoms with Crippen molar-refractivity contribution in [3.05, 3.63) is 30.0 Å². The fourth-order valence-corrected chi connectivity index (χ4v) is 9.06. The van der Waals surface area contributed by atoms with Crippen molar-refractivity contribution >= 4 is 22.8 Å². The van der Waals surface area contributed by atoms with Gasteiger partial charge in [-0.2, -0.15) is 13.2 Å². The summed E-state index contributed by atoms with van der Waals surface area (Å²) < 4.78 is 46.6. The van der Waals surface area contributed by atoms with Crippen molar-refractivity contribution in [2.24, 2.45) is 41.4 Å². The lowest BCUT2D eigenvalue weighted by Gasteiger charge is -2.39. The molecule has 2 bridgehead atoms. The number of carbonyl (C=O) groups is 2. The van der Waals surface area contributed by atoms with E-state index in [9.17, 15) is 27.9 Å². The molecule has 3 heterocycles. The average Bonchev–Trinajstić information content (AvgIpc) is 3.67. The summed E-state index contributed by atoms with van der Waals surface area (Å²) in [7, 11) is 0. The molecule has 216 valence electrons. The summed E-state index contributed by atoms with van der Waals surface area (Å²) in [6, 6.07) is 7.95. The van der Waals surface area contributed by atoms with Gasteiger partial charge in [0.05, 0.1) is 29.6 Å². The summed E-state index contributed by atoms with van der Waals surface area (Å²) in [5.74, 6) is -5.33. The van der Waals surface area contributed by atoms with Gasteiger partial charge in [0.1, 0.15) is 0 Å². The number of piperidine rings is 1. The van der Waals surface area contributed by atoms with Crippen LogP contribution in [0, 0.1) is 41.4 Å². The Kier molecular flexibility index (Phi) is 6.49. The van der Waals surface area contributed by atoms with Crippen molar-refractivity contribution in [1.29, 1.82) is 0 Å². The number of carbonyl (C=O) groups excluding carboxylic acids is 2. The first kappa shape index (κ1) is 26.4. The van der Waals surface area contributed by atoms with Gasteiger partial charge in [-0.1, -0.05) is 30.1 Å². The standard InChI is InChI=1S/C30H36F3N3O4/c31-30(32,33)25-20-13-21(27(25)37)24-23(20)28(38)36(29(24)39)15-18-6-2-1-5-17(18)14-35-11-9-16(10-12-35)26-19-7-3-4-8-22(19)40-34-26/h3-4,7-8,16-18,20-21,23-25,27,37H,1-2,5-6,9-15H2/t17-,18-,20?,21?,23?,24?,25?,27?/m1/s1. The van der Waals surface area contributed by atoms with Gasteiger partial charge in [-0.25, -0.2) is 0 Å². The molecule has 1 N–H and O–H groups in total. The molecule has 7 rings (SSSR count). The highest BCUT2D eigenvalue weighted by Crippen LogP contribution is 2.62. The summed E-state index contributed by atoms with van der Waals surface area (Å²) in [5.41, 5.74) is 1.85. The summed E-state index contributed by atoms with van der Waals surface area (Å²) in [4.78, 5) is 30.6. The SMILES string of the molecule is O=C1C2C3CC(C2C(=O)N1C[C@H]1CCCC[C@@H]1CN1CCC(c2noc4ccccc24)CC1)C(C(F)(F)F)C3O. The molecule has 1 aromatic carbocycles. The number of fused-ring (bicyclic) bond motifs is 6. The highest BCUT2D eigenvalue weighted by atomic mass is 19.4. The van der Waals surface area contributed by atoms with Crippen LogP contribution in [0.3, 0.4) is 0 Å². The number of nitrogens with zero attached hydrogens (tertiary/aromatic N) is 3. The largest absolute Gasteiger partial charge is 0.394 e. The first-order valence-electron chi connectivity index (χ1n) is 14.9.